The highest BCUT2D eigenvalue weighted by molar-refractivity contribution is 5.69. The molecule has 0 bridgehead atoms. The maximum absolute atomic E-state index is 5.27. The van der Waals surface area contributed by atoms with Crippen LogP contribution in [0.4, 0.5) is 5.69 Å². The first kappa shape index (κ1) is 11.5. The Morgan fingerprint density at radius 1 is 1.00 bits per heavy atom. The first-order valence-corrected chi connectivity index (χ1v) is 5.67. The third-order valence-corrected chi connectivity index (χ3v) is 2.88. The van der Waals surface area contributed by atoms with Gasteiger partial charge in [0.25, 0.3) is 0 Å². The Kier molecular flexibility index (Phi) is 3.33. The molecule has 0 saturated heterocycles. The minimum Gasteiger partial charge on any atom is -0.496 e. The molecule has 17 heavy (non-hydrogen) atoms. The van der Waals surface area contributed by atoms with Crippen LogP contribution < -0.4 is 10.1 Å². The highest BCUT2D eigenvalue weighted by Gasteiger charge is 2.02. The van der Waals surface area contributed by atoms with Gasteiger partial charge in [0.2, 0.25) is 0 Å². The first-order chi connectivity index (χ1) is 8.24. The van der Waals surface area contributed by atoms with Crippen molar-refractivity contribution in [1.82, 2.24) is 0 Å². The summed E-state index contributed by atoms with van der Waals surface area (Å²) < 4.78 is 5.27. The lowest BCUT2D eigenvalue weighted by molar-refractivity contribution is 0.412. The first-order valence-electron chi connectivity index (χ1n) is 5.67. The monoisotopic (exact) mass is 227 g/mol. The van der Waals surface area contributed by atoms with Crippen LogP contribution in [0.3, 0.4) is 0 Å². The van der Waals surface area contributed by atoms with Crippen molar-refractivity contribution >= 4 is 5.69 Å². The molecule has 1 N–H and O–H groups in total. The van der Waals surface area contributed by atoms with Crippen LogP contribution in [0.2, 0.25) is 0 Å². The van der Waals surface area contributed by atoms with E-state index in [1.807, 2.05) is 13.1 Å². The molecule has 0 aliphatic heterocycles. The summed E-state index contributed by atoms with van der Waals surface area (Å²) in [6.45, 7) is 2.06. The predicted molar refractivity (Wildman–Crippen MR) is 72.7 cm³/mol. The zero-order chi connectivity index (χ0) is 12.3. The number of anilines is 1. The van der Waals surface area contributed by atoms with E-state index in [1.165, 1.54) is 11.1 Å². The zero-order valence-corrected chi connectivity index (χ0v) is 10.4. The number of ether oxygens (including phenoxy) is 1. The summed E-state index contributed by atoms with van der Waals surface area (Å²) in [4.78, 5) is 0. The number of benzene rings is 2. The molecule has 88 valence electrons. The molecule has 0 heterocycles. The smallest absolute Gasteiger partial charge is 0.121 e. The van der Waals surface area contributed by atoms with Gasteiger partial charge in [-0.25, -0.2) is 0 Å². The predicted octanol–water partition coefficient (Wildman–Crippen LogP) is 3.71. The second kappa shape index (κ2) is 4.91. The van der Waals surface area contributed by atoms with E-state index in [2.05, 4.69) is 48.6 Å². The number of hydrogen-bond donors (Lipinski definition) is 1. The van der Waals surface area contributed by atoms with Crippen LogP contribution in [0.25, 0.3) is 11.1 Å². The summed E-state index contributed by atoms with van der Waals surface area (Å²) in [5, 5.41) is 3.15. The van der Waals surface area contributed by atoms with Crippen molar-refractivity contribution in [3.05, 3.63) is 48.0 Å². The third kappa shape index (κ3) is 2.41. The Hall–Kier alpha value is -1.96. The van der Waals surface area contributed by atoms with E-state index in [-0.39, 0.29) is 0 Å². The van der Waals surface area contributed by atoms with Crippen LogP contribution in [0.1, 0.15) is 5.56 Å². The Labute approximate surface area is 102 Å². The van der Waals surface area contributed by atoms with Gasteiger partial charge in [-0.1, -0.05) is 18.2 Å². The molecule has 2 aromatic rings. The Morgan fingerprint density at radius 2 is 1.76 bits per heavy atom. The SMILES string of the molecule is CNc1cccc(-c2ccc(OC)c(C)c2)c1. The van der Waals surface area contributed by atoms with Crippen LogP contribution >= 0.6 is 0 Å². The fourth-order valence-electron chi connectivity index (χ4n) is 1.91. The molecule has 0 saturated carbocycles. The average molecular weight is 227 g/mol. The average Bonchev–Trinajstić information content (AvgIpc) is 2.38. The zero-order valence-electron chi connectivity index (χ0n) is 10.4. The van der Waals surface area contributed by atoms with Gasteiger partial charge in [-0.05, 0) is 47.9 Å². The van der Waals surface area contributed by atoms with Crippen molar-refractivity contribution in [2.24, 2.45) is 0 Å². The van der Waals surface area contributed by atoms with Crippen LogP contribution in [-0.2, 0) is 0 Å². The lowest BCUT2D eigenvalue weighted by Gasteiger charge is -2.09. The fraction of sp³-hybridized carbons (Fsp3) is 0.200. The van der Waals surface area contributed by atoms with Crippen molar-refractivity contribution in [1.29, 1.82) is 0 Å². The topological polar surface area (TPSA) is 21.3 Å². The van der Waals surface area contributed by atoms with Crippen molar-refractivity contribution in [3.8, 4) is 16.9 Å². The molecular weight excluding hydrogens is 210 g/mol. The van der Waals surface area contributed by atoms with Gasteiger partial charge >= 0.3 is 0 Å². The minimum absolute atomic E-state index is 0.929. The molecule has 0 radical (unpaired) electrons. The molecule has 0 aliphatic carbocycles. The molecule has 0 spiro atoms. The van der Waals surface area contributed by atoms with Gasteiger partial charge < -0.3 is 10.1 Å². The molecule has 2 nitrogen and oxygen atoms in total. The largest absolute Gasteiger partial charge is 0.496 e. The molecule has 0 unspecified atom stereocenters. The lowest BCUT2D eigenvalue weighted by Crippen LogP contribution is -1.90. The van der Waals surface area contributed by atoms with E-state index in [9.17, 15) is 0 Å². The Bertz CT molecular complexity index is 520. The summed E-state index contributed by atoms with van der Waals surface area (Å²) in [6.07, 6.45) is 0. The summed E-state index contributed by atoms with van der Waals surface area (Å²) in [6, 6.07) is 14.6. The second-order valence-corrected chi connectivity index (χ2v) is 4.02. The van der Waals surface area contributed by atoms with E-state index in [0.717, 1.165) is 17.0 Å². The van der Waals surface area contributed by atoms with Crippen molar-refractivity contribution < 1.29 is 4.74 Å². The second-order valence-electron chi connectivity index (χ2n) is 4.02. The van der Waals surface area contributed by atoms with E-state index in [4.69, 9.17) is 4.74 Å². The lowest BCUT2D eigenvalue weighted by atomic mass is 10.0. The number of nitrogens with one attached hydrogen (secondary N) is 1. The summed E-state index contributed by atoms with van der Waals surface area (Å²) in [5.41, 5.74) is 4.69. The highest BCUT2D eigenvalue weighted by atomic mass is 16.5. The molecule has 2 heteroatoms. The molecule has 0 aliphatic rings. The Morgan fingerprint density at radius 3 is 2.41 bits per heavy atom. The molecule has 0 amide bonds. The van der Waals surface area contributed by atoms with Crippen molar-refractivity contribution in [2.75, 3.05) is 19.5 Å². The molecule has 0 fully saturated rings. The van der Waals surface area contributed by atoms with E-state index < -0.39 is 0 Å². The molecule has 2 rings (SSSR count). The van der Waals surface area contributed by atoms with Gasteiger partial charge in [-0.2, -0.15) is 0 Å². The van der Waals surface area contributed by atoms with E-state index in [1.54, 1.807) is 7.11 Å². The molecule has 0 atom stereocenters. The van der Waals surface area contributed by atoms with Crippen molar-refractivity contribution in [2.45, 2.75) is 6.92 Å². The van der Waals surface area contributed by atoms with Crippen LogP contribution in [0.15, 0.2) is 42.5 Å². The fourth-order valence-corrected chi connectivity index (χ4v) is 1.91. The summed E-state index contributed by atoms with van der Waals surface area (Å²) >= 11 is 0. The highest BCUT2D eigenvalue weighted by Crippen LogP contribution is 2.27. The summed E-state index contributed by atoms with van der Waals surface area (Å²) in [7, 11) is 3.63. The third-order valence-electron chi connectivity index (χ3n) is 2.88. The number of aryl methyl sites for hydroxylation is 1. The van der Waals surface area contributed by atoms with E-state index in [0.29, 0.717) is 0 Å². The molecule has 2 aromatic carbocycles. The van der Waals surface area contributed by atoms with Crippen LogP contribution in [0, 0.1) is 6.92 Å². The van der Waals surface area contributed by atoms with Crippen LogP contribution in [0.5, 0.6) is 5.75 Å². The van der Waals surface area contributed by atoms with Gasteiger partial charge in [0.1, 0.15) is 5.75 Å². The maximum atomic E-state index is 5.27. The Balaban J connectivity index is 2.42. The van der Waals surface area contributed by atoms with Crippen LogP contribution in [-0.4, -0.2) is 14.2 Å². The van der Waals surface area contributed by atoms with Gasteiger partial charge in [-0.3, -0.25) is 0 Å². The van der Waals surface area contributed by atoms with Gasteiger partial charge in [0.05, 0.1) is 7.11 Å². The molecular formula is C15H17NO. The number of methoxy groups -OCH3 is 1. The number of rotatable bonds is 3. The standard InChI is InChI=1S/C15H17NO/c1-11-9-13(7-8-15(11)17-3)12-5-4-6-14(10-12)16-2/h4-10,16H,1-3H3. The number of hydrogen-bond acceptors (Lipinski definition) is 2. The summed E-state index contributed by atoms with van der Waals surface area (Å²) in [5.74, 6) is 0.929. The molecule has 0 aromatic heterocycles. The van der Waals surface area contributed by atoms with Crippen molar-refractivity contribution in [3.63, 3.8) is 0 Å². The van der Waals surface area contributed by atoms with Gasteiger partial charge in [-0.15, -0.1) is 0 Å². The quantitative estimate of drug-likeness (QED) is 0.863. The van der Waals surface area contributed by atoms with Gasteiger partial charge in [0, 0.05) is 12.7 Å². The van der Waals surface area contributed by atoms with Gasteiger partial charge in [0.15, 0.2) is 0 Å². The maximum Gasteiger partial charge on any atom is 0.121 e. The van der Waals surface area contributed by atoms with E-state index >= 15 is 0 Å². The normalized spacial score (nSPS) is 10.1. The minimum atomic E-state index is 0.929.